The van der Waals surface area contributed by atoms with E-state index in [1.807, 2.05) is 36.4 Å². The highest BCUT2D eigenvalue weighted by molar-refractivity contribution is 6.33. The van der Waals surface area contributed by atoms with Crippen LogP contribution < -0.4 is 5.32 Å². The van der Waals surface area contributed by atoms with Crippen molar-refractivity contribution in [3.05, 3.63) is 113 Å². The van der Waals surface area contributed by atoms with Crippen molar-refractivity contribution in [2.45, 2.75) is 12.8 Å². The van der Waals surface area contributed by atoms with Crippen LogP contribution in [-0.2, 0) is 17.6 Å². The lowest BCUT2D eigenvalue weighted by Crippen LogP contribution is -2.14. The van der Waals surface area contributed by atoms with Crippen molar-refractivity contribution < 1.29 is 9.59 Å². The number of pyridine rings is 2. The van der Waals surface area contributed by atoms with Crippen LogP contribution in [0.25, 0.3) is 16.7 Å². The van der Waals surface area contributed by atoms with Crippen LogP contribution >= 0.6 is 11.6 Å². The quantitative estimate of drug-likeness (QED) is 0.327. The predicted molar refractivity (Wildman–Crippen MR) is 135 cm³/mol. The number of nitrogens with one attached hydrogen (secondary N) is 1. The zero-order valence-electron chi connectivity index (χ0n) is 18.6. The predicted octanol–water partition coefficient (Wildman–Crippen LogP) is 5.08. The van der Waals surface area contributed by atoms with E-state index in [0.29, 0.717) is 16.3 Å². The molecule has 0 aliphatic carbocycles. The summed E-state index contributed by atoms with van der Waals surface area (Å²) < 4.78 is 1.65. The first kappa shape index (κ1) is 22.4. The van der Waals surface area contributed by atoms with Gasteiger partial charge in [-0.15, -0.1) is 0 Å². The fourth-order valence-electron chi connectivity index (χ4n) is 3.81. The van der Waals surface area contributed by atoms with Crippen molar-refractivity contribution >= 4 is 40.0 Å². The number of fused-ring (bicyclic) bond motifs is 1. The molecule has 0 aliphatic rings. The lowest BCUT2D eigenvalue weighted by atomic mass is 10.0. The van der Waals surface area contributed by atoms with Gasteiger partial charge in [0.05, 0.1) is 40.0 Å². The van der Waals surface area contributed by atoms with Crippen LogP contribution in [-0.4, -0.2) is 31.4 Å². The first-order chi connectivity index (χ1) is 17.1. The summed E-state index contributed by atoms with van der Waals surface area (Å²) in [4.78, 5) is 34.2. The van der Waals surface area contributed by atoms with Gasteiger partial charge in [-0.25, -0.2) is 4.68 Å². The zero-order valence-corrected chi connectivity index (χ0v) is 19.3. The Morgan fingerprint density at radius 2 is 1.80 bits per heavy atom. The van der Waals surface area contributed by atoms with Gasteiger partial charge in [0.1, 0.15) is 0 Å². The highest BCUT2D eigenvalue weighted by Crippen LogP contribution is 2.21. The van der Waals surface area contributed by atoms with Gasteiger partial charge >= 0.3 is 0 Å². The molecule has 5 rings (SSSR count). The molecule has 0 spiro atoms. The molecule has 0 radical (unpaired) electrons. The fourth-order valence-corrected chi connectivity index (χ4v) is 3.99. The first-order valence-electron chi connectivity index (χ1n) is 11.0. The molecule has 172 valence electrons. The van der Waals surface area contributed by atoms with Crippen LogP contribution in [0.1, 0.15) is 21.5 Å². The maximum Gasteiger partial charge on any atom is 0.228 e. The number of carbonyl (C=O) groups is 2. The Balaban J connectivity index is 1.30. The normalized spacial score (nSPS) is 10.9. The molecule has 1 N–H and O–H groups in total. The molecule has 0 bridgehead atoms. The minimum Gasteiger partial charge on any atom is -0.324 e. The molecule has 3 heterocycles. The molecule has 0 fully saturated rings. The van der Waals surface area contributed by atoms with Crippen molar-refractivity contribution in [3.8, 4) is 5.69 Å². The topological polar surface area (TPSA) is 89.8 Å². The summed E-state index contributed by atoms with van der Waals surface area (Å²) in [5.74, 6) is -0.226. The molecule has 0 aliphatic heterocycles. The SMILES string of the molecule is O=C(Cc1cnn(-c2cccc(C(=O)Cc3ccnc4cccnc34)c2)c1)Nc1ccccc1Cl. The second-order valence-corrected chi connectivity index (χ2v) is 8.40. The van der Waals surface area contributed by atoms with Gasteiger partial charge in [-0.2, -0.15) is 5.10 Å². The third-order valence-electron chi connectivity index (χ3n) is 5.51. The molecule has 3 aromatic heterocycles. The number of anilines is 1. The molecule has 1 amide bonds. The Morgan fingerprint density at radius 3 is 2.69 bits per heavy atom. The third kappa shape index (κ3) is 5.10. The van der Waals surface area contributed by atoms with Gasteiger partial charge in [0.25, 0.3) is 0 Å². The third-order valence-corrected chi connectivity index (χ3v) is 5.84. The Kier molecular flexibility index (Phi) is 6.32. The van der Waals surface area contributed by atoms with Crippen LogP contribution in [0.2, 0.25) is 5.02 Å². The molecule has 0 atom stereocenters. The van der Waals surface area contributed by atoms with Crippen LogP contribution in [0.4, 0.5) is 5.69 Å². The van der Waals surface area contributed by atoms with E-state index in [4.69, 9.17) is 11.6 Å². The number of aromatic nitrogens is 4. The van der Waals surface area contributed by atoms with E-state index in [1.165, 1.54) is 0 Å². The molecule has 5 aromatic rings. The largest absolute Gasteiger partial charge is 0.324 e. The number of ketones is 1. The highest BCUT2D eigenvalue weighted by atomic mass is 35.5. The monoisotopic (exact) mass is 481 g/mol. The van der Waals surface area contributed by atoms with Crippen molar-refractivity contribution in [2.24, 2.45) is 0 Å². The Morgan fingerprint density at radius 1 is 0.914 bits per heavy atom. The van der Waals surface area contributed by atoms with Crippen molar-refractivity contribution in [1.29, 1.82) is 0 Å². The molecule has 35 heavy (non-hydrogen) atoms. The summed E-state index contributed by atoms with van der Waals surface area (Å²) in [7, 11) is 0. The maximum absolute atomic E-state index is 13.1. The van der Waals surface area contributed by atoms with E-state index >= 15 is 0 Å². The van der Waals surface area contributed by atoms with Crippen molar-refractivity contribution in [3.63, 3.8) is 0 Å². The number of Topliss-reactive ketones (excluding diaryl/α,β-unsaturated/α-hetero) is 1. The highest BCUT2D eigenvalue weighted by Gasteiger charge is 2.13. The van der Waals surface area contributed by atoms with Crippen LogP contribution in [0.3, 0.4) is 0 Å². The first-order valence-corrected chi connectivity index (χ1v) is 11.3. The number of rotatable bonds is 7. The minimum atomic E-state index is -0.195. The van der Waals surface area contributed by atoms with Crippen molar-refractivity contribution in [2.75, 3.05) is 5.32 Å². The molecule has 0 unspecified atom stereocenters. The Hall–Kier alpha value is -4.36. The van der Waals surface area contributed by atoms with Gasteiger partial charge in [0, 0.05) is 30.6 Å². The van der Waals surface area contributed by atoms with E-state index in [-0.39, 0.29) is 24.5 Å². The van der Waals surface area contributed by atoms with Gasteiger partial charge in [0.2, 0.25) is 5.91 Å². The molecular formula is C27H20ClN5O2. The number of para-hydroxylation sites is 1. The van der Waals surface area contributed by atoms with Gasteiger partial charge in [0.15, 0.2) is 5.78 Å². The number of carbonyl (C=O) groups excluding carboxylic acids is 2. The summed E-state index contributed by atoms with van der Waals surface area (Å²) in [6.07, 6.45) is 7.16. The molecule has 0 saturated heterocycles. The van der Waals surface area contributed by atoms with Gasteiger partial charge in [-0.05, 0) is 53.6 Å². The van der Waals surface area contributed by atoms with Crippen LogP contribution in [0.5, 0.6) is 0 Å². The van der Waals surface area contributed by atoms with Crippen LogP contribution in [0.15, 0.2) is 91.5 Å². The number of amides is 1. The second kappa shape index (κ2) is 9.87. The Bertz CT molecular complexity index is 1540. The Labute approximate surface area is 206 Å². The van der Waals surface area contributed by atoms with E-state index < -0.39 is 0 Å². The molecule has 2 aromatic carbocycles. The number of nitrogens with zero attached hydrogens (tertiary/aromatic N) is 4. The number of halogens is 1. The average molecular weight is 482 g/mol. The minimum absolute atomic E-state index is 0.0310. The number of hydrogen-bond donors (Lipinski definition) is 1. The summed E-state index contributed by atoms with van der Waals surface area (Å²) in [5.41, 5.74) is 4.91. The zero-order chi connectivity index (χ0) is 24.2. The fraction of sp³-hybridized carbons (Fsp3) is 0.0741. The summed E-state index contributed by atoms with van der Waals surface area (Å²) in [5, 5.41) is 7.66. The van der Waals surface area contributed by atoms with E-state index in [1.54, 1.807) is 59.8 Å². The smallest absolute Gasteiger partial charge is 0.228 e. The summed E-state index contributed by atoms with van der Waals surface area (Å²) in [6, 6.07) is 19.9. The molecule has 8 heteroatoms. The average Bonchev–Trinajstić information content (AvgIpc) is 3.34. The van der Waals surface area contributed by atoms with Gasteiger partial charge in [-0.3, -0.25) is 19.6 Å². The lowest BCUT2D eigenvalue weighted by molar-refractivity contribution is -0.115. The maximum atomic E-state index is 13.1. The lowest BCUT2D eigenvalue weighted by Gasteiger charge is -2.07. The van der Waals surface area contributed by atoms with E-state index in [2.05, 4.69) is 20.4 Å². The molecule has 0 saturated carbocycles. The standard InChI is InChI=1S/C27H20ClN5O2/c28-22-7-1-2-8-23(22)32-26(35)13-18-16-31-33(17-18)21-6-3-5-19(14-21)25(34)15-20-10-12-29-24-9-4-11-30-27(20)24/h1-12,14,16-17H,13,15H2,(H,32,35). The number of benzene rings is 2. The molecular weight excluding hydrogens is 462 g/mol. The number of hydrogen-bond acceptors (Lipinski definition) is 5. The summed E-state index contributed by atoms with van der Waals surface area (Å²) >= 11 is 6.11. The molecule has 7 nitrogen and oxygen atoms in total. The van der Waals surface area contributed by atoms with Crippen LogP contribution in [0, 0.1) is 0 Å². The van der Waals surface area contributed by atoms with E-state index in [9.17, 15) is 9.59 Å². The van der Waals surface area contributed by atoms with Crippen molar-refractivity contribution in [1.82, 2.24) is 19.7 Å². The van der Waals surface area contributed by atoms with Gasteiger partial charge in [-0.1, -0.05) is 35.9 Å². The second-order valence-electron chi connectivity index (χ2n) is 7.99. The summed E-state index contributed by atoms with van der Waals surface area (Å²) in [6.45, 7) is 0. The van der Waals surface area contributed by atoms with Gasteiger partial charge < -0.3 is 5.32 Å². The van der Waals surface area contributed by atoms with E-state index in [0.717, 1.165) is 27.8 Å².